The van der Waals surface area contributed by atoms with E-state index in [1.807, 2.05) is 27.7 Å². The summed E-state index contributed by atoms with van der Waals surface area (Å²) >= 11 is 0. The van der Waals surface area contributed by atoms with Crippen molar-refractivity contribution >= 4 is 0 Å². The van der Waals surface area contributed by atoms with Crippen molar-refractivity contribution in [1.82, 2.24) is 0 Å². The second kappa shape index (κ2) is 13.1. The molecule has 0 radical (unpaired) electrons. The smallest absolute Gasteiger partial charge is 0.0215 e. The molecule has 2 aliphatic carbocycles. The molecule has 2 rings (SSSR count). The second-order valence-electron chi connectivity index (χ2n) is 4.40. The average molecular weight is 280 g/mol. The molecule has 1 unspecified atom stereocenters. The Kier molecular flexibility index (Phi) is 11.9. The Morgan fingerprint density at radius 2 is 1.71 bits per heavy atom. The number of rotatable bonds is 0. The van der Waals surface area contributed by atoms with Gasteiger partial charge in [0.2, 0.25) is 0 Å². The minimum atomic E-state index is 0.600. The largest absolute Gasteiger partial charge is 0.0842 e. The van der Waals surface area contributed by atoms with Crippen molar-refractivity contribution in [3.05, 3.63) is 47.6 Å². The van der Waals surface area contributed by atoms with Crippen LogP contribution >= 0.6 is 0 Å². The van der Waals surface area contributed by atoms with Gasteiger partial charge in [-0.05, 0) is 37.0 Å². The van der Waals surface area contributed by atoms with E-state index < -0.39 is 0 Å². The summed E-state index contributed by atoms with van der Waals surface area (Å²) in [4.78, 5) is 0. The molecule has 0 aromatic rings. The lowest BCUT2D eigenvalue weighted by Gasteiger charge is -2.06. The molecule has 0 N–H and O–H groups in total. The molecule has 2 aliphatic rings. The molecule has 21 heavy (non-hydrogen) atoms. The highest BCUT2D eigenvalue weighted by molar-refractivity contribution is 5.47. The first kappa shape index (κ1) is 19.1. The lowest BCUT2D eigenvalue weighted by molar-refractivity contribution is 0.733. The maximum atomic E-state index is 3.11. The van der Waals surface area contributed by atoms with E-state index in [0.717, 1.165) is 24.8 Å². The van der Waals surface area contributed by atoms with Crippen LogP contribution in [0.15, 0.2) is 47.6 Å². The summed E-state index contributed by atoms with van der Waals surface area (Å²) in [6, 6.07) is 0. The quantitative estimate of drug-likeness (QED) is 0.489. The van der Waals surface area contributed by atoms with Gasteiger partial charge in [0.1, 0.15) is 0 Å². The summed E-state index contributed by atoms with van der Waals surface area (Å²) in [6.45, 7) is 10.2. The molecule has 0 saturated heterocycles. The van der Waals surface area contributed by atoms with Gasteiger partial charge in [0, 0.05) is 11.1 Å². The van der Waals surface area contributed by atoms with Gasteiger partial charge in [0.15, 0.2) is 0 Å². The summed E-state index contributed by atoms with van der Waals surface area (Å²) in [5.41, 5.74) is 2.28. The molecule has 0 nitrogen and oxygen atoms in total. The molecule has 0 heteroatoms. The van der Waals surface area contributed by atoms with Gasteiger partial charge in [-0.1, -0.05) is 82.9 Å². The summed E-state index contributed by atoms with van der Waals surface area (Å²) < 4.78 is 0. The van der Waals surface area contributed by atoms with Gasteiger partial charge in [-0.3, -0.25) is 0 Å². The maximum Gasteiger partial charge on any atom is 0.0215 e. The molecule has 0 bridgehead atoms. The molecule has 0 aliphatic heterocycles. The van der Waals surface area contributed by atoms with Crippen LogP contribution in [0.3, 0.4) is 0 Å². The Balaban J connectivity index is 0.000000921. The fraction of sp³-hybridized carbons (Fsp3) is 0.429. The third-order valence-corrected chi connectivity index (χ3v) is 2.78. The van der Waals surface area contributed by atoms with Crippen LogP contribution in [-0.2, 0) is 0 Å². The van der Waals surface area contributed by atoms with Crippen molar-refractivity contribution < 1.29 is 0 Å². The first-order valence-corrected chi connectivity index (χ1v) is 8.11. The molecule has 0 heterocycles. The van der Waals surface area contributed by atoms with Gasteiger partial charge < -0.3 is 0 Å². The van der Waals surface area contributed by atoms with Crippen LogP contribution in [0.1, 0.15) is 53.9 Å². The van der Waals surface area contributed by atoms with E-state index in [-0.39, 0.29) is 0 Å². The third kappa shape index (κ3) is 8.78. The lowest BCUT2D eigenvalue weighted by atomic mass is 9.98. The van der Waals surface area contributed by atoms with E-state index in [4.69, 9.17) is 0 Å². The van der Waals surface area contributed by atoms with E-state index in [0.29, 0.717) is 5.92 Å². The predicted octanol–water partition coefficient (Wildman–Crippen LogP) is 5.84. The Bertz CT molecular complexity index is 516. The highest BCUT2D eigenvalue weighted by atomic mass is 14.0. The average Bonchev–Trinajstić information content (AvgIpc) is 2.56. The minimum Gasteiger partial charge on any atom is -0.0842 e. The second-order valence-corrected chi connectivity index (χ2v) is 4.40. The molecule has 112 valence electrons. The summed E-state index contributed by atoms with van der Waals surface area (Å²) in [5.74, 6) is 12.7. The highest BCUT2D eigenvalue weighted by Crippen LogP contribution is 2.14. The van der Waals surface area contributed by atoms with Gasteiger partial charge >= 0.3 is 0 Å². The SMILES string of the molecule is CC.CC.CC1C=C(C#CC#CC2=CC=CCC2)C=CC1. The molecule has 1 atom stereocenters. The van der Waals surface area contributed by atoms with Crippen LogP contribution in [-0.4, -0.2) is 0 Å². The van der Waals surface area contributed by atoms with Gasteiger partial charge in [-0.25, -0.2) is 0 Å². The van der Waals surface area contributed by atoms with Gasteiger partial charge in [0.25, 0.3) is 0 Å². The molecular formula is C21H28. The lowest BCUT2D eigenvalue weighted by Crippen LogP contribution is -1.93. The predicted molar refractivity (Wildman–Crippen MR) is 95.7 cm³/mol. The molecular weight excluding hydrogens is 252 g/mol. The number of hydrogen-bond donors (Lipinski definition) is 0. The summed E-state index contributed by atoms with van der Waals surface area (Å²) in [5, 5.41) is 0. The first-order chi connectivity index (χ1) is 10.3. The molecule has 0 amide bonds. The van der Waals surface area contributed by atoms with Crippen molar-refractivity contribution in [3.63, 3.8) is 0 Å². The van der Waals surface area contributed by atoms with Crippen molar-refractivity contribution in [2.45, 2.75) is 53.9 Å². The molecule has 0 aromatic heterocycles. The van der Waals surface area contributed by atoms with Crippen LogP contribution in [0.2, 0.25) is 0 Å². The number of hydrogen-bond acceptors (Lipinski definition) is 0. The fourth-order valence-corrected chi connectivity index (χ4v) is 1.84. The molecule has 0 saturated carbocycles. The van der Waals surface area contributed by atoms with Gasteiger partial charge in [0.05, 0.1) is 0 Å². The van der Waals surface area contributed by atoms with Gasteiger partial charge in [-0.15, -0.1) is 0 Å². The highest BCUT2D eigenvalue weighted by Gasteiger charge is 2.00. The van der Waals surface area contributed by atoms with Crippen LogP contribution in [0.4, 0.5) is 0 Å². The maximum absolute atomic E-state index is 3.11. The number of allylic oxidation sites excluding steroid dienone is 8. The minimum absolute atomic E-state index is 0.600. The van der Waals surface area contributed by atoms with Crippen LogP contribution in [0.5, 0.6) is 0 Å². The summed E-state index contributed by atoms with van der Waals surface area (Å²) in [7, 11) is 0. The van der Waals surface area contributed by atoms with Crippen LogP contribution in [0, 0.1) is 29.6 Å². The van der Waals surface area contributed by atoms with Crippen molar-refractivity contribution in [2.24, 2.45) is 5.92 Å². The van der Waals surface area contributed by atoms with Gasteiger partial charge in [-0.2, -0.15) is 0 Å². The Hall–Kier alpha value is -1.92. The molecule has 0 fully saturated rings. The third-order valence-electron chi connectivity index (χ3n) is 2.78. The molecule has 0 spiro atoms. The first-order valence-electron chi connectivity index (χ1n) is 8.11. The van der Waals surface area contributed by atoms with E-state index in [1.54, 1.807) is 0 Å². The van der Waals surface area contributed by atoms with E-state index >= 15 is 0 Å². The zero-order valence-electron chi connectivity index (χ0n) is 14.2. The Labute approximate surface area is 131 Å². The van der Waals surface area contributed by atoms with E-state index in [2.05, 4.69) is 67.1 Å². The standard InChI is InChI=1S/C17H16.2C2H6/c1-15-8-7-13-17(14-15)12-6-5-11-16-9-3-2-4-10-16;2*1-2/h2-3,7,9,13-15H,4,8,10H2,1H3;2*1-2H3. The van der Waals surface area contributed by atoms with Crippen molar-refractivity contribution in [2.75, 3.05) is 0 Å². The monoisotopic (exact) mass is 280 g/mol. The van der Waals surface area contributed by atoms with E-state index in [9.17, 15) is 0 Å². The fourth-order valence-electron chi connectivity index (χ4n) is 1.84. The van der Waals surface area contributed by atoms with Crippen LogP contribution in [0.25, 0.3) is 0 Å². The normalized spacial score (nSPS) is 18.0. The summed E-state index contributed by atoms with van der Waals surface area (Å²) in [6.07, 6.45) is 16.0. The topological polar surface area (TPSA) is 0 Å². The zero-order chi connectivity index (χ0) is 15.9. The van der Waals surface area contributed by atoms with Crippen molar-refractivity contribution in [3.8, 4) is 23.7 Å². The molecule has 0 aromatic carbocycles. The zero-order valence-corrected chi connectivity index (χ0v) is 14.2. The van der Waals surface area contributed by atoms with Crippen molar-refractivity contribution in [1.29, 1.82) is 0 Å². The van der Waals surface area contributed by atoms with E-state index in [1.165, 1.54) is 5.57 Å². The van der Waals surface area contributed by atoms with Crippen LogP contribution < -0.4 is 0 Å². The Morgan fingerprint density at radius 3 is 2.33 bits per heavy atom. The Morgan fingerprint density at radius 1 is 1.00 bits per heavy atom.